The second-order valence-electron chi connectivity index (χ2n) is 7.66. The molecule has 0 radical (unpaired) electrons. The van der Waals surface area contributed by atoms with Crippen molar-refractivity contribution in [3.63, 3.8) is 0 Å². The van der Waals surface area contributed by atoms with Gasteiger partial charge < -0.3 is 14.6 Å². The van der Waals surface area contributed by atoms with Gasteiger partial charge in [0.05, 0.1) is 30.6 Å². The van der Waals surface area contributed by atoms with E-state index >= 15 is 0 Å². The molecule has 2 saturated heterocycles. The van der Waals surface area contributed by atoms with Crippen LogP contribution in [0.5, 0.6) is 0 Å². The molecule has 29 heavy (non-hydrogen) atoms. The van der Waals surface area contributed by atoms with Crippen LogP contribution in [0, 0.1) is 5.92 Å². The first-order valence-electron chi connectivity index (χ1n) is 10.4. The smallest absolute Gasteiger partial charge is 0.241 e. The Balaban J connectivity index is 1.19. The summed E-state index contributed by atoms with van der Waals surface area (Å²) in [5.41, 5.74) is 0. The van der Waals surface area contributed by atoms with Crippen LogP contribution in [0.2, 0.25) is 0 Å². The first kappa shape index (κ1) is 20.5. The highest BCUT2D eigenvalue weighted by molar-refractivity contribution is 7.13. The lowest BCUT2D eigenvalue weighted by atomic mass is 9.97. The van der Waals surface area contributed by atoms with E-state index in [9.17, 15) is 4.79 Å². The van der Waals surface area contributed by atoms with Gasteiger partial charge in [0, 0.05) is 26.2 Å². The fourth-order valence-corrected chi connectivity index (χ4v) is 4.56. The van der Waals surface area contributed by atoms with Crippen molar-refractivity contribution in [1.82, 2.24) is 25.3 Å². The minimum Gasteiger partial charge on any atom is -0.379 e. The lowest BCUT2D eigenvalue weighted by Gasteiger charge is -2.31. The van der Waals surface area contributed by atoms with E-state index in [-0.39, 0.29) is 11.8 Å². The molecule has 1 atom stereocenters. The van der Waals surface area contributed by atoms with Gasteiger partial charge in [-0.2, -0.15) is 4.98 Å². The lowest BCUT2D eigenvalue weighted by Crippen LogP contribution is -2.43. The second kappa shape index (κ2) is 10.3. The Kier molecular flexibility index (Phi) is 7.26. The number of hydrogen-bond donors (Lipinski definition) is 1. The van der Waals surface area contributed by atoms with Crippen LogP contribution in [-0.4, -0.2) is 78.3 Å². The van der Waals surface area contributed by atoms with Gasteiger partial charge in [0.2, 0.25) is 17.6 Å². The highest BCUT2D eigenvalue weighted by atomic mass is 32.1. The van der Waals surface area contributed by atoms with E-state index in [1.807, 2.05) is 17.5 Å². The fraction of sp³-hybridized carbons (Fsp3) is 0.650. The van der Waals surface area contributed by atoms with Crippen molar-refractivity contribution in [3.8, 4) is 10.7 Å². The number of piperidine rings is 1. The zero-order valence-corrected chi connectivity index (χ0v) is 17.5. The number of nitrogens with one attached hydrogen (secondary N) is 1. The number of nitrogens with zero attached hydrogens (tertiary/aromatic N) is 4. The summed E-state index contributed by atoms with van der Waals surface area (Å²) in [7, 11) is 0. The summed E-state index contributed by atoms with van der Waals surface area (Å²) in [4.78, 5) is 22.7. The number of hydrogen-bond acceptors (Lipinski definition) is 8. The van der Waals surface area contributed by atoms with Gasteiger partial charge >= 0.3 is 0 Å². The van der Waals surface area contributed by atoms with Crippen LogP contribution in [0.15, 0.2) is 22.0 Å². The summed E-state index contributed by atoms with van der Waals surface area (Å²) in [6, 6.07) is 3.96. The van der Waals surface area contributed by atoms with Gasteiger partial charge in [-0.3, -0.25) is 14.6 Å². The fourth-order valence-electron chi connectivity index (χ4n) is 3.91. The molecule has 1 N–H and O–H groups in total. The van der Waals surface area contributed by atoms with Gasteiger partial charge in [0.15, 0.2) is 0 Å². The quantitative estimate of drug-likeness (QED) is 0.654. The monoisotopic (exact) mass is 419 g/mol. The number of morpholine rings is 1. The number of likely N-dealkylation sites (tertiary alicyclic amines) is 1. The molecule has 2 aromatic rings. The Hall–Kier alpha value is -1.81. The summed E-state index contributed by atoms with van der Waals surface area (Å²) in [5.74, 6) is 1.45. The zero-order valence-electron chi connectivity index (χ0n) is 16.7. The van der Waals surface area contributed by atoms with Crippen LogP contribution < -0.4 is 5.32 Å². The number of amides is 1. The second-order valence-corrected chi connectivity index (χ2v) is 8.61. The third-order valence-corrected chi connectivity index (χ3v) is 6.36. The first-order valence-corrected chi connectivity index (χ1v) is 11.3. The van der Waals surface area contributed by atoms with Gasteiger partial charge in [-0.15, -0.1) is 11.3 Å². The standard InChI is InChI=1S/C20H29N5O3S/c26-20(21-6-3-8-24-9-11-27-12-10-24)16-4-1-7-25(14-16)15-18-22-19(23-28-18)17-5-2-13-29-17/h2,5,13,16H,1,3-4,6-12,14-15H2,(H,21,26). The predicted octanol–water partition coefficient (Wildman–Crippen LogP) is 1.85. The molecule has 0 aromatic carbocycles. The highest BCUT2D eigenvalue weighted by Crippen LogP contribution is 2.23. The Bertz CT molecular complexity index is 760. The number of aromatic nitrogens is 2. The number of thiophene rings is 1. The maximum atomic E-state index is 12.6. The molecular formula is C20H29N5O3S. The van der Waals surface area contributed by atoms with E-state index < -0.39 is 0 Å². The van der Waals surface area contributed by atoms with Crippen LogP contribution in [0.1, 0.15) is 25.2 Å². The van der Waals surface area contributed by atoms with Crippen LogP contribution >= 0.6 is 11.3 Å². The van der Waals surface area contributed by atoms with Crippen molar-refractivity contribution >= 4 is 17.2 Å². The molecule has 1 amide bonds. The average molecular weight is 420 g/mol. The van der Waals surface area contributed by atoms with Crippen LogP contribution in [0.25, 0.3) is 10.7 Å². The molecular weight excluding hydrogens is 390 g/mol. The minimum atomic E-state index is 0.0341. The Morgan fingerprint density at radius 2 is 2.17 bits per heavy atom. The van der Waals surface area contributed by atoms with Crippen LogP contribution in [0.3, 0.4) is 0 Å². The maximum Gasteiger partial charge on any atom is 0.241 e. The lowest BCUT2D eigenvalue weighted by molar-refractivity contribution is -0.126. The number of rotatable bonds is 8. The molecule has 9 heteroatoms. The zero-order chi connectivity index (χ0) is 19.9. The molecule has 158 valence electrons. The van der Waals surface area contributed by atoms with Crippen molar-refractivity contribution in [2.75, 3.05) is 52.5 Å². The normalized spacial score (nSPS) is 21.3. The van der Waals surface area contributed by atoms with Gasteiger partial charge in [-0.1, -0.05) is 11.2 Å². The Labute approximate surface area is 175 Å². The van der Waals surface area contributed by atoms with Gasteiger partial charge in [-0.05, 0) is 43.8 Å². The van der Waals surface area contributed by atoms with E-state index in [0.29, 0.717) is 18.3 Å². The number of ether oxygens (including phenoxy) is 1. The molecule has 2 aliphatic heterocycles. The van der Waals surface area contributed by atoms with E-state index in [2.05, 4.69) is 25.3 Å². The van der Waals surface area contributed by atoms with E-state index in [1.54, 1.807) is 11.3 Å². The van der Waals surface area contributed by atoms with Gasteiger partial charge in [0.1, 0.15) is 0 Å². The van der Waals surface area contributed by atoms with E-state index in [4.69, 9.17) is 9.26 Å². The summed E-state index contributed by atoms with van der Waals surface area (Å²) >= 11 is 1.60. The maximum absolute atomic E-state index is 12.6. The topological polar surface area (TPSA) is 83.7 Å². The Morgan fingerprint density at radius 3 is 3.00 bits per heavy atom. The van der Waals surface area contributed by atoms with Crippen LogP contribution in [0.4, 0.5) is 0 Å². The SMILES string of the molecule is O=C(NCCCN1CCOCC1)C1CCCN(Cc2nc(-c3cccs3)no2)C1. The van der Waals surface area contributed by atoms with Crippen molar-refractivity contribution in [2.45, 2.75) is 25.8 Å². The summed E-state index contributed by atoms with van der Waals surface area (Å²) < 4.78 is 10.8. The minimum absolute atomic E-state index is 0.0341. The van der Waals surface area contributed by atoms with E-state index in [0.717, 1.165) is 76.6 Å². The number of carbonyl (C=O) groups excluding carboxylic acids is 1. The highest BCUT2D eigenvalue weighted by Gasteiger charge is 2.26. The van der Waals surface area contributed by atoms with Crippen LogP contribution in [-0.2, 0) is 16.1 Å². The predicted molar refractivity (Wildman–Crippen MR) is 110 cm³/mol. The summed E-state index contributed by atoms with van der Waals surface area (Å²) in [5, 5.41) is 9.20. The van der Waals surface area contributed by atoms with Crippen molar-refractivity contribution in [3.05, 3.63) is 23.4 Å². The molecule has 0 aliphatic carbocycles. The molecule has 4 rings (SSSR count). The average Bonchev–Trinajstić information content (AvgIpc) is 3.44. The van der Waals surface area contributed by atoms with Gasteiger partial charge in [0.25, 0.3) is 0 Å². The molecule has 0 saturated carbocycles. The molecule has 1 unspecified atom stereocenters. The van der Waals surface area contributed by atoms with Crippen molar-refractivity contribution in [1.29, 1.82) is 0 Å². The Morgan fingerprint density at radius 1 is 1.28 bits per heavy atom. The molecule has 2 aliphatic rings. The van der Waals surface area contributed by atoms with Crippen molar-refractivity contribution < 1.29 is 14.1 Å². The number of carbonyl (C=O) groups is 1. The summed E-state index contributed by atoms with van der Waals surface area (Å²) in [6.45, 7) is 7.68. The van der Waals surface area contributed by atoms with E-state index in [1.165, 1.54) is 0 Å². The third kappa shape index (κ3) is 5.85. The van der Waals surface area contributed by atoms with Gasteiger partial charge in [-0.25, -0.2) is 0 Å². The third-order valence-electron chi connectivity index (χ3n) is 5.50. The first-order chi connectivity index (χ1) is 14.3. The van der Waals surface area contributed by atoms with Crippen molar-refractivity contribution in [2.24, 2.45) is 5.92 Å². The molecule has 2 aromatic heterocycles. The molecule has 2 fully saturated rings. The molecule has 4 heterocycles. The molecule has 8 nitrogen and oxygen atoms in total. The largest absolute Gasteiger partial charge is 0.379 e. The molecule has 0 bridgehead atoms. The molecule has 0 spiro atoms. The summed E-state index contributed by atoms with van der Waals surface area (Å²) in [6.07, 6.45) is 2.93.